The van der Waals surface area contributed by atoms with Gasteiger partial charge in [-0.05, 0) is 18.2 Å². The fourth-order valence-corrected chi connectivity index (χ4v) is 2.30. The molecule has 0 bridgehead atoms. The van der Waals surface area contributed by atoms with Crippen LogP contribution in [0.3, 0.4) is 0 Å². The van der Waals surface area contributed by atoms with Crippen LogP contribution in [0.4, 0.5) is 18.9 Å². The minimum atomic E-state index is -4.24. The highest BCUT2D eigenvalue weighted by molar-refractivity contribution is 6.31. The molecule has 0 atom stereocenters. The number of nitrogens with zero attached hydrogens (tertiary/aromatic N) is 1. The molecule has 1 saturated heterocycles. The van der Waals surface area contributed by atoms with Crippen LogP contribution in [-0.2, 0) is 4.79 Å². The first-order chi connectivity index (χ1) is 9.78. The highest BCUT2D eigenvalue weighted by Gasteiger charge is 2.39. The second kappa shape index (κ2) is 6.11. The summed E-state index contributed by atoms with van der Waals surface area (Å²) >= 11 is 5.84. The Kier molecular flexibility index (Phi) is 4.63. The third kappa shape index (κ3) is 4.25. The van der Waals surface area contributed by atoms with Crippen LogP contribution in [0.2, 0.25) is 5.02 Å². The molecule has 1 N–H and O–H groups in total. The zero-order valence-electron chi connectivity index (χ0n) is 11.2. The Balaban J connectivity index is 1.91. The van der Waals surface area contributed by atoms with E-state index >= 15 is 0 Å². The molecule has 116 valence electrons. The molecule has 1 amide bonds. The predicted octanol–water partition coefficient (Wildman–Crippen LogP) is 2.78. The van der Waals surface area contributed by atoms with Gasteiger partial charge in [0.15, 0.2) is 0 Å². The lowest BCUT2D eigenvalue weighted by Crippen LogP contribution is -2.54. The van der Waals surface area contributed by atoms with Crippen molar-refractivity contribution in [3.05, 3.63) is 23.2 Å². The molecule has 1 fully saturated rings. The number of carbonyl (C=O) groups excluding carboxylic acids is 1. The van der Waals surface area contributed by atoms with Gasteiger partial charge >= 0.3 is 6.18 Å². The van der Waals surface area contributed by atoms with Crippen LogP contribution >= 0.6 is 11.6 Å². The largest absolute Gasteiger partial charge is 0.495 e. The molecule has 0 spiro atoms. The minimum absolute atomic E-state index is 0.0915. The Hall–Kier alpha value is -1.47. The summed E-state index contributed by atoms with van der Waals surface area (Å²) in [5, 5.41) is 3.06. The van der Waals surface area contributed by atoms with Gasteiger partial charge in [0.05, 0.1) is 25.3 Å². The van der Waals surface area contributed by atoms with E-state index < -0.39 is 18.6 Å². The van der Waals surface area contributed by atoms with E-state index in [1.54, 1.807) is 12.1 Å². The van der Waals surface area contributed by atoms with Crippen molar-refractivity contribution in [3.63, 3.8) is 0 Å². The Morgan fingerprint density at radius 1 is 1.48 bits per heavy atom. The number of ether oxygens (including phenoxy) is 1. The Morgan fingerprint density at radius 3 is 2.71 bits per heavy atom. The molecule has 0 aromatic heterocycles. The summed E-state index contributed by atoms with van der Waals surface area (Å²) < 4.78 is 41.6. The second-order valence-corrected chi connectivity index (χ2v) is 5.28. The summed E-state index contributed by atoms with van der Waals surface area (Å²) in [5.41, 5.74) is 0.407. The van der Waals surface area contributed by atoms with Crippen molar-refractivity contribution in [2.75, 3.05) is 32.1 Å². The van der Waals surface area contributed by atoms with E-state index in [9.17, 15) is 18.0 Å². The lowest BCUT2D eigenvalue weighted by atomic mass is 9.99. The van der Waals surface area contributed by atoms with Gasteiger partial charge in [-0.25, -0.2) is 0 Å². The zero-order valence-corrected chi connectivity index (χ0v) is 12.0. The van der Waals surface area contributed by atoms with Gasteiger partial charge < -0.3 is 10.1 Å². The van der Waals surface area contributed by atoms with Gasteiger partial charge in [-0.2, -0.15) is 13.2 Å². The zero-order chi connectivity index (χ0) is 15.6. The van der Waals surface area contributed by atoms with E-state index in [1.807, 2.05) is 0 Å². The Bertz CT molecular complexity index is 531. The molecular weight excluding hydrogens is 309 g/mol. The van der Waals surface area contributed by atoms with Gasteiger partial charge in [0.2, 0.25) is 5.91 Å². The van der Waals surface area contributed by atoms with Crippen molar-refractivity contribution >= 4 is 23.2 Å². The maximum absolute atomic E-state index is 12.2. The van der Waals surface area contributed by atoms with Gasteiger partial charge in [-0.3, -0.25) is 9.69 Å². The van der Waals surface area contributed by atoms with Crippen molar-refractivity contribution in [1.29, 1.82) is 0 Å². The van der Waals surface area contributed by atoms with Crippen molar-refractivity contribution < 1.29 is 22.7 Å². The molecule has 2 rings (SSSR count). The molecule has 8 heteroatoms. The molecule has 0 saturated carbocycles. The van der Waals surface area contributed by atoms with Crippen molar-refractivity contribution in [2.24, 2.45) is 5.92 Å². The van der Waals surface area contributed by atoms with Crippen LogP contribution in [0, 0.1) is 5.92 Å². The van der Waals surface area contributed by atoms with E-state index in [-0.39, 0.29) is 19.0 Å². The van der Waals surface area contributed by atoms with Crippen LogP contribution in [-0.4, -0.2) is 43.7 Å². The molecular formula is C13H14ClF3N2O2. The number of nitrogens with one attached hydrogen (secondary N) is 1. The van der Waals surface area contributed by atoms with Gasteiger partial charge in [0.1, 0.15) is 5.75 Å². The number of rotatable bonds is 4. The summed E-state index contributed by atoms with van der Waals surface area (Å²) in [6.07, 6.45) is -4.24. The highest BCUT2D eigenvalue weighted by atomic mass is 35.5. The van der Waals surface area contributed by atoms with E-state index in [0.717, 1.165) is 0 Å². The Morgan fingerprint density at radius 2 is 2.14 bits per heavy atom. The van der Waals surface area contributed by atoms with Gasteiger partial charge in [-0.15, -0.1) is 0 Å². The fourth-order valence-electron chi connectivity index (χ4n) is 2.13. The van der Waals surface area contributed by atoms with Crippen LogP contribution in [0.15, 0.2) is 18.2 Å². The SMILES string of the molecule is COc1ccc(Cl)cc1NC(=O)C1CN(CC(F)(F)F)C1. The molecule has 0 unspecified atom stereocenters. The quantitative estimate of drug-likeness (QED) is 0.927. The van der Waals surface area contributed by atoms with Crippen LogP contribution in [0.5, 0.6) is 5.75 Å². The molecule has 1 aliphatic heterocycles. The molecule has 1 heterocycles. The summed E-state index contributed by atoms with van der Waals surface area (Å²) in [6.45, 7) is -0.806. The smallest absolute Gasteiger partial charge is 0.401 e. The van der Waals surface area contributed by atoms with Crippen molar-refractivity contribution in [3.8, 4) is 5.75 Å². The lowest BCUT2D eigenvalue weighted by Gasteiger charge is -2.38. The van der Waals surface area contributed by atoms with Crippen LogP contribution in [0.25, 0.3) is 0 Å². The molecule has 21 heavy (non-hydrogen) atoms. The molecule has 1 aliphatic rings. The molecule has 0 radical (unpaired) electrons. The van der Waals surface area contributed by atoms with Crippen molar-refractivity contribution in [2.45, 2.75) is 6.18 Å². The number of likely N-dealkylation sites (tertiary alicyclic amines) is 1. The number of halogens is 4. The molecule has 0 aliphatic carbocycles. The van der Waals surface area contributed by atoms with Crippen LogP contribution < -0.4 is 10.1 Å². The summed E-state index contributed by atoms with van der Waals surface area (Å²) in [6, 6.07) is 4.75. The molecule has 1 aromatic carbocycles. The predicted molar refractivity (Wildman–Crippen MR) is 72.6 cm³/mol. The number of hydrogen-bond acceptors (Lipinski definition) is 3. The fraction of sp³-hybridized carbons (Fsp3) is 0.462. The van der Waals surface area contributed by atoms with Gasteiger partial charge in [-0.1, -0.05) is 11.6 Å². The van der Waals surface area contributed by atoms with E-state index in [2.05, 4.69) is 5.32 Å². The molecule has 1 aromatic rings. The first-order valence-corrected chi connectivity index (χ1v) is 6.60. The second-order valence-electron chi connectivity index (χ2n) is 4.84. The normalized spacial score (nSPS) is 16.4. The van der Waals surface area contributed by atoms with Crippen LogP contribution in [0.1, 0.15) is 0 Å². The number of methoxy groups -OCH3 is 1. The Labute approximate surface area is 124 Å². The molecule has 4 nitrogen and oxygen atoms in total. The van der Waals surface area contributed by atoms with Crippen molar-refractivity contribution in [1.82, 2.24) is 4.90 Å². The average Bonchev–Trinajstić information content (AvgIpc) is 2.32. The minimum Gasteiger partial charge on any atom is -0.495 e. The maximum Gasteiger partial charge on any atom is 0.401 e. The third-order valence-electron chi connectivity index (χ3n) is 3.15. The standard InChI is InChI=1S/C13H14ClF3N2O2/c1-21-11-3-2-9(14)4-10(11)18-12(20)8-5-19(6-8)7-13(15,16)17/h2-4,8H,5-7H2,1H3,(H,18,20). The number of hydrogen-bond donors (Lipinski definition) is 1. The van der Waals surface area contributed by atoms with E-state index in [0.29, 0.717) is 16.5 Å². The monoisotopic (exact) mass is 322 g/mol. The van der Waals surface area contributed by atoms with E-state index in [1.165, 1.54) is 18.1 Å². The topological polar surface area (TPSA) is 41.6 Å². The first-order valence-electron chi connectivity index (χ1n) is 6.22. The number of amides is 1. The average molecular weight is 323 g/mol. The van der Waals surface area contributed by atoms with Gasteiger partial charge in [0, 0.05) is 18.1 Å². The summed E-state index contributed by atoms with van der Waals surface area (Å²) in [4.78, 5) is 13.1. The number of anilines is 1. The van der Waals surface area contributed by atoms with Gasteiger partial charge in [0.25, 0.3) is 0 Å². The summed E-state index contributed by atoms with van der Waals surface area (Å²) in [7, 11) is 1.45. The highest BCUT2D eigenvalue weighted by Crippen LogP contribution is 2.29. The number of carbonyl (C=O) groups is 1. The van der Waals surface area contributed by atoms with E-state index in [4.69, 9.17) is 16.3 Å². The summed E-state index contributed by atoms with van der Waals surface area (Å²) in [5.74, 6) is -0.357. The lowest BCUT2D eigenvalue weighted by molar-refractivity contribution is -0.162. The third-order valence-corrected chi connectivity index (χ3v) is 3.39. The maximum atomic E-state index is 12.2. The number of alkyl halides is 3. The number of benzene rings is 1. The first kappa shape index (κ1) is 15.9.